The van der Waals surface area contributed by atoms with Gasteiger partial charge in [0.2, 0.25) is 5.91 Å². The van der Waals surface area contributed by atoms with Gasteiger partial charge in [-0.25, -0.2) is 9.78 Å². The molecule has 0 aromatic carbocycles. The minimum absolute atomic E-state index is 0.00450. The van der Waals surface area contributed by atoms with Crippen LogP contribution >= 0.6 is 11.8 Å². The van der Waals surface area contributed by atoms with Gasteiger partial charge >= 0.3 is 6.09 Å². The molecule has 1 aliphatic heterocycles. The van der Waals surface area contributed by atoms with Crippen LogP contribution < -0.4 is 5.32 Å². The zero-order valence-electron chi connectivity index (χ0n) is 15.9. The topological polar surface area (TPSA) is 86.9 Å². The number of hydrogen-bond donors (Lipinski definition) is 2. The first-order valence-electron chi connectivity index (χ1n) is 9.06. The van der Waals surface area contributed by atoms with Gasteiger partial charge in [-0.2, -0.15) is 0 Å². The smallest absolute Gasteiger partial charge is 0.407 e. The fourth-order valence-electron chi connectivity index (χ4n) is 4.37. The van der Waals surface area contributed by atoms with Crippen LogP contribution in [0.4, 0.5) is 4.79 Å². The lowest BCUT2D eigenvalue weighted by Gasteiger charge is -2.26. The molecule has 27 heavy (non-hydrogen) atoms. The highest BCUT2D eigenvalue weighted by molar-refractivity contribution is 7.98. The fraction of sp³-hybridized carbons (Fsp3) is 0.526. The Bertz CT molecular complexity index is 926. The number of nitrogens with one attached hydrogen (secondary N) is 1. The molecule has 2 aromatic rings. The van der Waals surface area contributed by atoms with Gasteiger partial charge in [-0.3, -0.25) is 4.79 Å². The van der Waals surface area contributed by atoms with Gasteiger partial charge < -0.3 is 19.7 Å². The third-order valence-corrected chi connectivity index (χ3v) is 6.46. The Morgan fingerprint density at radius 3 is 2.59 bits per heavy atom. The molecule has 0 spiro atoms. The molecule has 0 bridgehead atoms. The maximum Gasteiger partial charge on any atom is 0.407 e. The van der Waals surface area contributed by atoms with Crippen LogP contribution in [0.25, 0.3) is 5.52 Å². The van der Waals surface area contributed by atoms with E-state index in [1.165, 1.54) is 4.90 Å². The number of aryl methyl sites for hydroxylation is 1. The highest BCUT2D eigenvalue weighted by atomic mass is 32.2. The summed E-state index contributed by atoms with van der Waals surface area (Å²) in [5, 5.41) is 13.2. The van der Waals surface area contributed by atoms with Gasteiger partial charge in [-0.05, 0) is 50.5 Å². The van der Waals surface area contributed by atoms with Gasteiger partial charge in [-0.15, -0.1) is 11.8 Å². The molecule has 1 saturated carbocycles. The summed E-state index contributed by atoms with van der Waals surface area (Å²) in [4.78, 5) is 30.1. The van der Waals surface area contributed by atoms with Crippen LogP contribution in [0.5, 0.6) is 0 Å². The van der Waals surface area contributed by atoms with Crippen molar-refractivity contribution in [2.45, 2.75) is 31.3 Å². The van der Waals surface area contributed by atoms with E-state index in [4.69, 9.17) is 10.1 Å². The number of amides is 2. The van der Waals surface area contributed by atoms with Gasteiger partial charge in [-0.1, -0.05) is 6.07 Å². The predicted molar refractivity (Wildman–Crippen MR) is 103 cm³/mol. The van der Waals surface area contributed by atoms with Crippen molar-refractivity contribution in [2.24, 2.45) is 17.8 Å². The Labute approximate surface area is 162 Å². The van der Waals surface area contributed by atoms with Crippen LogP contribution in [0.15, 0.2) is 23.4 Å². The number of hydrogen-bond acceptors (Lipinski definition) is 4. The summed E-state index contributed by atoms with van der Waals surface area (Å²) in [5.74, 6) is 1.01. The highest BCUT2D eigenvalue weighted by Crippen LogP contribution is 2.52. The predicted octanol–water partition coefficient (Wildman–Crippen LogP) is 2.57. The van der Waals surface area contributed by atoms with Crippen LogP contribution in [0.1, 0.15) is 25.2 Å². The molecule has 144 valence electrons. The lowest BCUT2D eigenvalue weighted by atomic mass is 10.0. The molecule has 3 heterocycles. The molecule has 0 radical (unpaired) electrons. The second-order valence-corrected chi connectivity index (χ2v) is 8.80. The normalized spacial score (nSPS) is 24.1. The van der Waals surface area contributed by atoms with E-state index < -0.39 is 11.6 Å². The molecule has 2 amide bonds. The lowest BCUT2D eigenvalue weighted by Crippen LogP contribution is -2.44. The second-order valence-electron chi connectivity index (χ2n) is 8.01. The number of likely N-dealkylation sites (tertiary alicyclic amines) is 1. The van der Waals surface area contributed by atoms with E-state index in [1.54, 1.807) is 11.8 Å². The zero-order valence-corrected chi connectivity index (χ0v) is 16.7. The van der Waals surface area contributed by atoms with Gasteiger partial charge in [0.15, 0.2) is 0 Å². The molecule has 2 aromatic heterocycles. The number of thioether (sulfide) groups is 1. The maximum atomic E-state index is 12.8. The molecule has 1 saturated heterocycles. The molecular formula is C19H24N4O3S. The van der Waals surface area contributed by atoms with E-state index in [0.717, 1.165) is 21.9 Å². The fourth-order valence-corrected chi connectivity index (χ4v) is 5.00. The Morgan fingerprint density at radius 2 is 2.00 bits per heavy atom. The molecule has 7 nitrogen and oxygen atoms in total. The standard InChI is InChI=1S/C19H24N4O3S/c1-10-6-5-7-23-14(10)16(27-4)20-17(23)19(2,3)21-15(24)13-11-8-22(18(25)26)9-12(11)13/h5-7,11-13H,8-9H2,1-4H3,(H,21,24)(H,25,26)/t11-,12+,13-. The number of piperidine rings is 1. The van der Waals surface area contributed by atoms with E-state index in [9.17, 15) is 9.59 Å². The Kier molecular flexibility index (Phi) is 4.14. The van der Waals surface area contributed by atoms with Gasteiger partial charge in [0.25, 0.3) is 0 Å². The first-order chi connectivity index (χ1) is 12.7. The average Bonchev–Trinajstić information content (AvgIpc) is 2.95. The summed E-state index contributed by atoms with van der Waals surface area (Å²) >= 11 is 1.60. The zero-order chi connectivity index (χ0) is 19.5. The van der Waals surface area contributed by atoms with Crippen LogP contribution in [-0.2, 0) is 10.3 Å². The van der Waals surface area contributed by atoms with Crippen molar-refractivity contribution in [3.8, 4) is 0 Å². The molecule has 2 aliphatic rings. The number of fused-ring (bicyclic) bond motifs is 2. The summed E-state index contributed by atoms with van der Waals surface area (Å²) in [6.45, 7) is 6.91. The van der Waals surface area contributed by atoms with Crippen LogP contribution in [-0.4, -0.2) is 50.7 Å². The van der Waals surface area contributed by atoms with Gasteiger partial charge in [0.1, 0.15) is 10.9 Å². The second kappa shape index (κ2) is 6.15. The quantitative estimate of drug-likeness (QED) is 0.786. The molecule has 4 rings (SSSR count). The average molecular weight is 388 g/mol. The van der Waals surface area contributed by atoms with Crippen molar-refractivity contribution >= 4 is 29.3 Å². The van der Waals surface area contributed by atoms with Gasteiger partial charge in [0, 0.05) is 25.2 Å². The molecule has 3 atom stereocenters. The largest absolute Gasteiger partial charge is 0.465 e. The Morgan fingerprint density at radius 1 is 1.33 bits per heavy atom. The lowest BCUT2D eigenvalue weighted by molar-refractivity contribution is -0.125. The van der Waals surface area contributed by atoms with Crippen molar-refractivity contribution in [1.82, 2.24) is 19.6 Å². The maximum absolute atomic E-state index is 12.8. The van der Waals surface area contributed by atoms with E-state index in [2.05, 4.69) is 22.7 Å². The minimum Gasteiger partial charge on any atom is -0.465 e. The number of nitrogens with zero attached hydrogens (tertiary/aromatic N) is 3. The minimum atomic E-state index is -0.898. The Hall–Kier alpha value is -2.22. The van der Waals surface area contributed by atoms with Crippen molar-refractivity contribution in [1.29, 1.82) is 0 Å². The molecule has 0 unspecified atom stereocenters. The SMILES string of the molecule is CSc1nc(C(C)(C)NC(=O)[C@@H]2[C@@H]3CN(C(=O)O)C[C@@H]32)n2cccc(C)c12. The Balaban J connectivity index is 1.55. The van der Waals surface area contributed by atoms with Crippen molar-refractivity contribution in [3.05, 3.63) is 29.7 Å². The first-order valence-corrected chi connectivity index (χ1v) is 10.3. The highest BCUT2D eigenvalue weighted by Gasteiger charge is 2.60. The number of carbonyl (C=O) groups excluding carboxylic acids is 1. The van der Waals surface area contributed by atoms with Crippen molar-refractivity contribution in [2.75, 3.05) is 19.3 Å². The van der Waals surface area contributed by atoms with E-state index in [0.29, 0.717) is 13.1 Å². The number of pyridine rings is 1. The summed E-state index contributed by atoms with van der Waals surface area (Å²) in [5.41, 5.74) is 1.58. The number of imidazole rings is 1. The number of rotatable bonds is 4. The third kappa shape index (κ3) is 2.86. The van der Waals surface area contributed by atoms with E-state index >= 15 is 0 Å². The number of aromatic nitrogens is 2. The van der Waals surface area contributed by atoms with Crippen LogP contribution in [0.3, 0.4) is 0 Å². The molecule has 2 N–H and O–H groups in total. The van der Waals surface area contributed by atoms with Crippen LogP contribution in [0, 0.1) is 24.7 Å². The van der Waals surface area contributed by atoms with E-state index in [-0.39, 0.29) is 23.7 Å². The van der Waals surface area contributed by atoms with Crippen molar-refractivity contribution in [3.63, 3.8) is 0 Å². The van der Waals surface area contributed by atoms with Gasteiger partial charge in [0.05, 0.1) is 11.1 Å². The summed E-state index contributed by atoms with van der Waals surface area (Å²) < 4.78 is 2.06. The third-order valence-electron chi connectivity index (χ3n) is 5.79. The first kappa shape index (κ1) is 18.2. The number of carboxylic acid groups (broad SMARTS) is 1. The van der Waals surface area contributed by atoms with Crippen LogP contribution in [0.2, 0.25) is 0 Å². The van der Waals surface area contributed by atoms with E-state index in [1.807, 2.05) is 32.4 Å². The monoisotopic (exact) mass is 388 g/mol. The molecule has 8 heteroatoms. The molecule has 2 fully saturated rings. The summed E-state index contributed by atoms with van der Waals surface area (Å²) in [6, 6.07) is 4.05. The molecular weight excluding hydrogens is 364 g/mol. The summed E-state index contributed by atoms with van der Waals surface area (Å²) in [6.07, 6.45) is 3.09. The summed E-state index contributed by atoms with van der Waals surface area (Å²) in [7, 11) is 0. The van der Waals surface area contributed by atoms with Crippen molar-refractivity contribution < 1.29 is 14.7 Å². The number of carbonyl (C=O) groups is 2. The molecule has 1 aliphatic carbocycles.